The van der Waals surface area contributed by atoms with E-state index < -0.39 is 0 Å². The average Bonchev–Trinajstić information content (AvgIpc) is 2.69. The summed E-state index contributed by atoms with van der Waals surface area (Å²) in [5, 5.41) is 0. The van der Waals surface area contributed by atoms with Gasteiger partial charge in [-0.25, -0.2) is 0 Å². The van der Waals surface area contributed by atoms with Gasteiger partial charge in [-0.15, -0.1) is 0 Å². The molecule has 0 fully saturated rings. The number of benzene rings is 1. The van der Waals surface area contributed by atoms with Crippen LogP contribution < -0.4 is 10.6 Å². The van der Waals surface area contributed by atoms with E-state index >= 15 is 0 Å². The zero-order valence-corrected chi connectivity index (χ0v) is 8.07. The van der Waals surface area contributed by atoms with Crippen LogP contribution in [0.2, 0.25) is 0 Å². The van der Waals surface area contributed by atoms with Crippen LogP contribution in [0.25, 0.3) is 0 Å². The van der Waals surface area contributed by atoms with Crippen molar-refractivity contribution in [3.8, 4) is 0 Å². The molecule has 0 amide bonds. The van der Waals surface area contributed by atoms with Crippen LogP contribution >= 0.6 is 0 Å². The Kier molecular flexibility index (Phi) is 2.14. The van der Waals surface area contributed by atoms with Crippen molar-refractivity contribution in [3.05, 3.63) is 42.6 Å². The van der Waals surface area contributed by atoms with Gasteiger partial charge in [-0.1, -0.05) is 6.07 Å². The lowest BCUT2D eigenvalue weighted by Gasteiger charge is -2.17. The van der Waals surface area contributed by atoms with Gasteiger partial charge in [0.15, 0.2) is 0 Å². The first kappa shape index (κ1) is 8.69. The first-order valence-electron chi connectivity index (χ1n) is 4.50. The van der Waals surface area contributed by atoms with E-state index in [0.29, 0.717) is 0 Å². The van der Waals surface area contributed by atoms with Crippen LogP contribution in [0.5, 0.6) is 0 Å². The van der Waals surface area contributed by atoms with Crippen LogP contribution in [0.1, 0.15) is 0 Å². The van der Waals surface area contributed by atoms with Gasteiger partial charge in [0.25, 0.3) is 0 Å². The molecule has 72 valence electrons. The molecule has 0 aliphatic carbocycles. The van der Waals surface area contributed by atoms with Crippen molar-refractivity contribution in [1.82, 2.24) is 4.98 Å². The largest absolute Gasteiger partial charge is 0.399 e. The predicted molar refractivity (Wildman–Crippen MR) is 59.7 cm³/mol. The van der Waals surface area contributed by atoms with Crippen LogP contribution in [0.4, 0.5) is 17.2 Å². The van der Waals surface area contributed by atoms with E-state index in [1.807, 2.05) is 49.6 Å². The van der Waals surface area contributed by atoms with Gasteiger partial charge in [0.2, 0.25) is 0 Å². The van der Waals surface area contributed by atoms with Crippen molar-refractivity contribution in [2.75, 3.05) is 17.7 Å². The Balaban J connectivity index is 2.32. The van der Waals surface area contributed by atoms with Gasteiger partial charge in [0, 0.05) is 24.6 Å². The summed E-state index contributed by atoms with van der Waals surface area (Å²) in [6.45, 7) is 0. The maximum Gasteiger partial charge on any atom is 0.110 e. The minimum Gasteiger partial charge on any atom is -0.399 e. The number of rotatable bonds is 2. The standard InChI is InChI=1S/C11H13N3/c1-14(11-6-3-7-13-11)10-5-2-4-9(12)8-10/h2-8,13H,12H2,1H3. The van der Waals surface area contributed by atoms with Gasteiger partial charge in [0.05, 0.1) is 0 Å². The number of nitrogens with two attached hydrogens (primary N) is 1. The fourth-order valence-electron chi connectivity index (χ4n) is 1.40. The summed E-state index contributed by atoms with van der Waals surface area (Å²) in [5.74, 6) is 1.05. The molecule has 1 aromatic carbocycles. The van der Waals surface area contributed by atoms with Gasteiger partial charge in [-0.3, -0.25) is 0 Å². The first-order valence-corrected chi connectivity index (χ1v) is 4.50. The molecule has 1 aromatic heterocycles. The summed E-state index contributed by atoms with van der Waals surface area (Å²) in [6, 6.07) is 11.8. The highest BCUT2D eigenvalue weighted by Gasteiger charge is 2.03. The van der Waals surface area contributed by atoms with E-state index in [1.165, 1.54) is 0 Å². The van der Waals surface area contributed by atoms with Gasteiger partial charge in [-0.05, 0) is 30.3 Å². The smallest absolute Gasteiger partial charge is 0.110 e. The SMILES string of the molecule is CN(c1cccc(N)c1)c1ccc[nH]1. The number of nitrogens with zero attached hydrogens (tertiary/aromatic N) is 1. The second kappa shape index (κ2) is 3.46. The van der Waals surface area contributed by atoms with Crippen molar-refractivity contribution in [3.63, 3.8) is 0 Å². The highest BCUT2D eigenvalue weighted by molar-refractivity contribution is 5.63. The van der Waals surface area contributed by atoms with Gasteiger partial charge in [0.1, 0.15) is 5.82 Å². The van der Waals surface area contributed by atoms with Gasteiger partial charge in [-0.2, -0.15) is 0 Å². The fourth-order valence-corrected chi connectivity index (χ4v) is 1.40. The molecular weight excluding hydrogens is 174 g/mol. The molecule has 0 atom stereocenters. The Labute approximate surface area is 83.2 Å². The summed E-state index contributed by atoms with van der Waals surface area (Å²) in [5.41, 5.74) is 7.57. The molecular formula is C11H13N3. The van der Waals surface area contributed by atoms with Crippen LogP contribution in [0.3, 0.4) is 0 Å². The van der Waals surface area contributed by atoms with Crippen LogP contribution in [0.15, 0.2) is 42.6 Å². The number of nitrogen functional groups attached to an aromatic ring is 1. The van der Waals surface area contributed by atoms with Crippen molar-refractivity contribution >= 4 is 17.2 Å². The lowest BCUT2D eigenvalue weighted by molar-refractivity contribution is 1.15. The number of H-pyrrole nitrogens is 1. The third-order valence-electron chi connectivity index (χ3n) is 2.20. The Morgan fingerprint density at radius 3 is 2.71 bits per heavy atom. The second-order valence-corrected chi connectivity index (χ2v) is 3.21. The molecule has 0 aliphatic rings. The lowest BCUT2D eigenvalue weighted by Crippen LogP contribution is -2.09. The normalized spacial score (nSPS) is 10.1. The van der Waals surface area contributed by atoms with Crippen LogP contribution in [-0.4, -0.2) is 12.0 Å². The Hall–Kier alpha value is -1.90. The molecule has 2 aromatic rings. The summed E-state index contributed by atoms with van der Waals surface area (Å²) < 4.78 is 0. The number of hydrogen-bond donors (Lipinski definition) is 2. The van der Waals surface area contributed by atoms with Crippen LogP contribution in [-0.2, 0) is 0 Å². The average molecular weight is 187 g/mol. The number of anilines is 3. The minimum atomic E-state index is 0.779. The van der Waals surface area contributed by atoms with Crippen molar-refractivity contribution < 1.29 is 0 Å². The summed E-state index contributed by atoms with van der Waals surface area (Å²) >= 11 is 0. The molecule has 14 heavy (non-hydrogen) atoms. The third kappa shape index (κ3) is 1.57. The lowest BCUT2D eigenvalue weighted by atomic mass is 10.2. The molecule has 3 heteroatoms. The number of nitrogens with one attached hydrogen (secondary N) is 1. The van der Waals surface area contributed by atoms with E-state index in [1.54, 1.807) is 0 Å². The maximum atomic E-state index is 5.71. The van der Waals surface area contributed by atoms with E-state index in [-0.39, 0.29) is 0 Å². The van der Waals surface area contributed by atoms with Crippen LogP contribution in [0, 0.1) is 0 Å². The molecule has 1 heterocycles. The molecule has 3 nitrogen and oxygen atoms in total. The Morgan fingerprint density at radius 2 is 2.07 bits per heavy atom. The molecule has 0 bridgehead atoms. The highest BCUT2D eigenvalue weighted by Crippen LogP contribution is 2.22. The van der Waals surface area contributed by atoms with E-state index in [2.05, 4.69) is 9.88 Å². The Bertz CT molecular complexity index is 406. The molecule has 0 spiro atoms. The number of aromatic nitrogens is 1. The summed E-state index contributed by atoms with van der Waals surface area (Å²) in [6.07, 6.45) is 1.90. The molecule has 0 saturated carbocycles. The van der Waals surface area contributed by atoms with Crippen molar-refractivity contribution in [2.45, 2.75) is 0 Å². The van der Waals surface area contributed by atoms with E-state index in [0.717, 1.165) is 17.2 Å². The molecule has 2 rings (SSSR count). The quantitative estimate of drug-likeness (QED) is 0.709. The van der Waals surface area contributed by atoms with Crippen molar-refractivity contribution in [1.29, 1.82) is 0 Å². The number of aromatic amines is 1. The molecule has 0 unspecified atom stereocenters. The summed E-state index contributed by atoms with van der Waals surface area (Å²) in [4.78, 5) is 5.19. The van der Waals surface area contributed by atoms with Crippen molar-refractivity contribution in [2.24, 2.45) is 0 Å². The third-order valence-corrected chi connectivity index (χ3v) is 2.20. The zero-order valence-electron chi connectivity index (χ0n) is 8.07. The highest BCUT2D eigenvalue weighted by atomic mass is 15.2. The molecule has 0 radical (unpaired) electrons. The van der Waals surface area contributed by atoms with Gasteiger partial charge < -0.3 is 15.6 Å². The zero-order chi connectivity index (χ0) is 9.97. The molecule has 0 saturated heterocycles. The fraction of sp³-hybridized carbons (Fsp3) is 0.0909. The number of hydrogen-bond acceptors (Lipinski definition) is 2. The monoisotopic (exact) mass is 187 g/mol. The molecule has 0 aliphatic heterocycles. The second-order valence-electron chi connectivity index (χ2n) is 3.21. The van der Waals surface area contributed by atoms with E-state index in [9.17, 15) is 0 Å². The molecule has 3 N–H and O–H groups in total. The minimum absolute atomic E-state index is 0.779. The topological polar surface area (TPSA) is 45.0 Å². The Morgan fingerprint density at radius 1 is 1.21 bits per heavy atom. The first-order chi connectivity index (χ1) is 6.77. The van der Waals surface area contributed by atoms with E-state index in [4.69, 9.17) is 5.73 Å². The predicted octanol–water partition coefficient (Wildman–Crippen LogP) is 2.36. The summed E-state index contributed by atoms with van der Waals surface area (Å²) in [7, 11) is 2.00. The maximum absolute atomic E-state index is 5.71. The van der Waals surface area contributed by atoms with Gasteiger partial charge >= 0.3 is 0 Å².